The molecule has 1 aromatic rings. The molecule has 0 fully saturated rings. The van der Waals surface area contributed by atoms with Crippen molar-refractivity contribution in [3.05, 3.63) is 35.9 Å². The second-order valence-electron chi connectivity index (χ2n) is 18.8. The van der Waals surface area contributed by atoms with Gasteiger partial charge < -0.3 is 39.0 Å². The van der Waals surface area contributed by atoms with Crippen LogP contribution in [-0.2, 0) is 63.9 Å². The number of carboxylic acid groups (broad SMARTS) is 2. The average Bonchev–Trinajstić information content (AvgIpc) is 3.26. The van der Waals surface area contributed by atoms with Crippen molar-refractivity contribution in [2.24, 2.45) is 27.1 Å². The number of carbonyl (C=O) groups excluding carboxylic acids is 5. The van der Waals surface area contributed by atoms with Crippen LogP contribution >= 0.6 is 11.8 Å². The number of unbranched alkanes of at least 4 members (excludes halogenated alkanes) is 2. The van der Waals surface area contributed by atoms with Crippen LogP contribution in [0.1, 0.15) is 160 Å². The lowest BCUT2D eigenvalue weighted by Crippen LogP contribution is -2.31. The molecule has 65 heavy (non-hydrogen) atoms. The summed E-state index contributed by atoms with van der Waals surface area (Å²) in [4.78, 5) is 78.6. The van der Waals surface area contributed by atoms with E-state index in [1.807, 2.05) is 85.7 Å². The summed E-state index contributed by atoms with van der Waals surface area (Å²) in [7, 11) is 1.35. The molecular weight excluding hydrogens is 861 g/mol. The maximum Gasteiger partial charge on any atom is 0.312 e. The molecule has 0 aliphatic rings. The molecule has 0 radical (unpaired) electrons. The molecule has 1 rings (SSSR count). The van der Waals surface area contributed by atoms with Crippen molar-refractivity contribution in [2.75, 3.05) is 38.4 Å². The van der Waals surface area contributed by atoms with E-state index in [-0.39, 0.29) is 49.4 Å². The van der Waals surface area contributed by atoms with Crippen molar-refractivity contribution in [3.8, 4) is 0 Å². The molecule has 16 heteroatoms. The Morgan fingerprint density at radius 2 is 1.03 bits per heavy atom. The first-order valence-electron chi connectivity index (χ1n) is 22.4. The topological polar surface area (TPSA) is 226 Å². The Labute approximate surface area is 393 Å². The molecule has 0 heterocycles. The molecule has 3 N–H and O–H groups in total. The summed E-state index contributed by atoms with van der Waals surface area (Å²) in [6.45, 7) is 26.1. The maximum absolute atomic E-state index is 11.8. The van der Waals surface area contributed by atoms with Crippen molar-refractivity contribution in [1.29, 1.82) is 0 Å². The maximum atomic E-state index is 11.8. The van der Waals surface area contributed by atoms with Crippen molar-refractivity contribution in [1.82, 2.24) is 0 Å². The van der Waals surface area contributed by atoms with Gasteiger partial charge in [-0.05, 0) is 120 Å². The third kappa shape index (κ3) is 31.4. The lowest BCUT2D eigenvalue weighted by Gasteiger charge is -2.21. The molecule has 0 aliphatic heterocycles. The number of hydrogen-bond acceptors (Lipinski definition) is 14. The Hall–Kier alpha value is -4.18. The summed E-state index contributed by atoms with van der Waals surface area (Å²) in [6.07, 6.45) is 4.32. The number of aliphatic hydroxyl groups excluding tert-OH is 1. The van der Waals surface area contributed by atoms with E-state index in [0.29, 0.717) is 44.0 Å². The molecule has 0 amide bonds. The van der Waals surface area contributed by atoms with Crippen molar-refractivity contribution in [2.45, 2.75) is 167 Å². The molecule has 0 aromatic heterocycles. The highest BCUT2D eigenvalue weighted by Crippen LogP contribution is 2.25. The van der Waals surface area contributed by atoms with E-state index in [2.05, 4.69) is 0 Å². The molecule has 1 aromatic carbocycles. The van der Waals surface area contributed by atoms with Crippen LogP contribution in [-0.4, -0.2) is 102 Å². The monoisotopic (exact) mass is 945 g/mol. The Morgan fingerprint density at radius 3 is 1.46 bits per heavy atom. The molecule has 376 valence electrons. The van der Waals surface area contributed by atoms with Crippen molar-refractivity contribution < 1.29 is 72.6 Å². The molecule has 0 aliphatic carbocycles. The van der Waals surface area contributed by atoms with Crippen molar-refractivity contribution >= 4 is 53.5 Å². The van der Waals surface area contributed by atoms with Crippen LogP contribution in [0.3, 0.4) is 0 Å². The second-order valence-corrected chi connectivity index (χ2v) is 19.9. The summed E-state index contributed by atoms with van der Waals surface area (Å²) in [5.74, 6) is -1.92. The lowest BCUT2D eigenvalue weighted by molar-refractivity contribution is -0.160. The van der Waals surface area contributed by atoms with Crippen LogP contribution in [0.5, 0.6) is 0 Å². The number of rotatable bonds is 26. The normalized spacial score (nSPS) is 11.9. The fraction of sp³-hybridized carbons (Fsp3) is 0.735. The van der Waals surface area contributed by atoms with E-state index in [1.54, 1.807) is 41.5 Å². The summed E-state index contributed by atoms with van der Waals surface area (Å²) < 4.78 is 25.1. The minimum absolute atomic E-state index is 0.131. The third-order valence-electron chi connectivity index (χ3n) is 10.7. The number of carbonyl (C=O) groups is 7. The molecular formula is C49H84O15S. The van der Waals surface area contributed by atoms with Gasteiger partial charge in [0, 0.05) is 17.9 Å². The highest BCUT2D eigenvalue weighted by molar-refractivity contribution is 7.99. The van der Waals surface area contributed by atoms with Crippen LogP contribution in [0.2, 0.25) is 0 Å². The van der Waals surface area contributed by atoms with Gasteiger partial charge in [-0.15, -0.1) is 0 Å². The number of thioether (sulfide) groups is 1. The summed E-state index contributed by atoms with van der Waals surface area (Å²) in [5.41, 5.74) is -1.53. The van der Waals surface area contributed by atoms with Gasteiger partial charge in [0.2, 0.25) is 0 Å². The number of benzene rings is 1. The summed E-state index contributed by atoms with van der Waals surface area (Å²) in [6, 6.07) is 9.72. The fourth-order valence-electron chi connectivity index (χ4n) is 3.91. The standard InChI is InChI=1S/C18H32O7S.C13H18O2.C12H22O4.C6H12O2/c1-7-17(2,3)16(22)25-11-13(19)10-24-14(20)8-9-26-12-18(4,5)15(21)23-6;1-4-13(2,3)12(14)15-10-11-8-6-5-7-9-11;1-4-12(2,3)11(15)16-9-7-5-6-8-10(13)14;1-4-6(2,3)5(7)8/h13,19H,7-12H2,1-6H3;5-9H,4,10H2,1-3H3;4-9H2,1-3H3,(H,13,14);4H2,1-3H3,(H,7,8). The average molecular weight is 945 g/mol. The molecule has 1 atom stereocenters. The highest BCUT2D eigenvalue weighted by atomic mass is 32.2. The van der Waals surface area contributed by atoms with Crippen LogP contribution in [0.15, 0.2) is 30.3 Å². The Morgan fingerprint density at radius 1 is 0.569 bits per heavy atom. The predicted molar refractivity (Wildman–Crippen MR) is 253 cm³/mol. The molecule has 0 saturated heterocycles. The van der Waals surface area contributed by atoms with E-state index in [9.17, 15) is 38.7 Å². The first-order chi connectivity index (χ1) is 29.9. The first kappa shape index (κ1) is 65.1. The highest BCUT2D eigenvalue weighted by Gasteiger charge is 2.30. The molecule has 0 saturated carbocycles. The molecule has 15 nitrogen and oxygen atoms in total. The first-order valence-corrected chi connectivity index (χ1v) is 23.6. The van der Waals surface area contributed by atoms with E-state index >= 15 is 0 Å². The van der Waals surface area contributed by atoms with Crippen LogP contribution in [0, 0.1) is 27.1 Å². The summed E-state index contributed by atoms with van der Waals surface area (Å²) >= 11 is 1.45. The second kappa shape index (κ2) is 33.3. The Kier molecular flexibility index (Phi) is 33.4. The van der Waals surface area contributed by atoms with Gasteiger partial charge in [0.05, 0.1) is 47.2 Å². The third-order valence-corrected chi connectivity index (χ3v) is 12.2. The number of aliphatic carboxylic acids is 2. The largest absolute Gasteiger partial charge is 0.481 e. The zero-order chi connectivity index (χ0) is 51.1. The number of ether oxygens (including phenoxy) is 5. The number of esters is 5. The number of methoxy groups -OCH3 is 1. The minimum Gasteiger partial charge on any atom is -0.481 e. The predicted octanol–water partition coefficient (Wildman–Crippen LogP) is 9.48. The van der Waals surface area contributed by atoms with Gasteiger partial charge >= 0.3 is 41.8 Å². The van der Waals surface area contributed by atoms with E-state index < -0.39 is 51.6 Å². The number of carboxylic acids is 2. The quantitative estimate of drug-likeness (QED) is 0.0446. The van der Waals surface area contributed by atoms with Crippen LogP contribution in [0.4, 0.5) is 0 Å². The summed E-state index contributed by atoms with van der Waals surface area (Å²) in [5, 5.41) is 26.6. The van der Waals surface area contributed by atoms with E-state index in [4.69, 9.17) is 33.9 Å². The van der Waals surface area contributed by atoms with E-state index in [0.717, 1.165) is 31.2 Å². The molecule has 1 unspecified atom stereocenters. The SMILES string of the molecule is CCC(C)(C)C(=O)O.CCC(C)(C)C(=O)OCC(O)COC(=O)CCSCC(C)(C)C(=O)OC.CCC(C)(C)C(=O)OCCCCCC(=O)O.CCC(C)(C)C(=O)OCc1ccccc1. The Bertz CT molecular complexity index is 1550. The van der Waals surface area contributed by atoms with Crippen molar-refractivity contribution in [3.63, 3.8) is 0 Å². The van der Waals surface area contributed by atoms with Gasteiger partial charge in [0.15, 0.2) is 0 Å². The molecule has 0 bridgehead atoms. The zero-order valence-electron chi connectivity index (χ0n) is 42.2. The zero-order valence-corrected chi connectivity index (χ0v) is 43.0. The molecule has 0 spiro atoms. The van der Waals surface area contributed by atoms with Crippen LogP contribution in [0.25, 0.3) is 0 Å². The fourth-order valence-corrected chi connectivity index (χ4v) is 5.00. The Balaban J connectivity index is -0.000000849. The van der Waals surface area contributed by atoms with Gasteiger partial charge in [-0.25, -0.2) is 0 Å². The van der Waals surface area contributed by atoms with E-state index in [1.165, 1.54) is 18.9 Å². The van der Waals surface area contributed by atoms with Gasteiger partial charge in [-0.2, -0.15) is 11.8 Å². The number of aliphatic hydroxyl groups is 1. The van der Waals surface area contributed by atoms with Gasteiger partial charge in [-0.3, -0.25) is 33.6 Å². The van der Waals surface area contributed by atoms with Crippen LogP contribution < -0.4 is 0 Å². The van der Waals surface area contributed by atoms with Gasteiger partial charge in [-0.1, -0.05) is 58.0 Å². The van der Waals surface area contributed by atoms with Gasteiger partial charge in [0.1, 0.15) is 25.9 Å². The number of hydrogen-bond donors (Lipinski definition) is 3. The smallest absolute Gasteiger partial charge is 0.312 e. The minimum atomic E-state index is -1.05. The lowest BCUT2D eigenvalue weighted by atomic mass is 9.91. The van der Waals surface area contributed by atoms with Gasteiger partial charge in [0.25, 0.3) is 0 Å².